The van der Waals surface area contributed by atoms with Crippen molar-refractivity contribution in [2.45, 2.75) is 25.4 Å². The van der Waals surface area contributed by atoms with Crippen LogP contribution in [0.3, 0.4) is 0 Å². The van der Waals surface area contributed by atoms with Crippen LogP contribution in [0.25, 0.3) is 22.1 Å². The number of carbonyl (C=O) groups excluding carboxylic acids is 1. The van der Waals surface area contributed by atoms with Crippen LogP contribution in [0.4, 0.5) is 13.2 Å². The van der Waals surface area contributed by atoms with Gasteiger partial charge in [-0.1, -0.05) is 0 Å². The smallest absolute Gasteiger partial charge is 0.346 e. The second-order valence-corrected chi connectivity index (χ2v) is 6.32. The molecule has 0 aliphatic carbocycles. The zero-order chi connectivity index (χ0) is 17.6. The number of halogens is 3. The number of piperidine rings is 1. The molecule has 0 aromatic carbocycles. The normalized spacial score (nSPS) is 16.8. The van der Waals surface area contributed by atoms with Crippen molar-refractivity contribution in [1.82, 2.24) is 24.8 Å². The molecule has 1 amide bonds. The first kappa shape index (κ1) is 15.9. The first-order valence-electron chi connectivity index (χ1n) is 8.07. The number of rotatable bonds is 2. The van der Waals surface area contributed by atoms with Crippen LogP contribution in [0, 0.1) is 5.92 Å². The van der Waals surface area contributed by atoms with E-state index in [1.165, 1.54) is 4.90 Å². The van der Waals surface area contributed by atoms with Gasteiger partial charge in [-0.15, -0.1) is 0 Å². The Kier molecular flexibility index (Phi) is 3.66. The van der Waals surface area contributed by atoms with Gasteiger partial charge in [-0.25, -0.2) is 9.97 Å². The lowest BCUT2D eigenvalue weighted by atomic mass is 9.96. The van der Waals surface area contributed by atoms with Gasteiger partial charge in [0, 0.05) is 24.7 Å². The number of amides is 1. The molecule has 1 saturated heterocycles. The Hall–Kier alpha value is -2.58. The Bertz CT molecular complexity index is 921. The lowest BCUT2D eigenvalue weighted by Crippen LogP contribution is -2.42. The maximum atomic E-state index is 12.7. The first-order valence-corrected chi connectivity index (χ1v) is 8.07. The third kappa shape index (κ3) is 2.94. The molecular formula is C16H16F3N5O. The highest BCUT2D eigenvalue weighted by atomic mass is 19.4. The number of nitrogens with zero attached hydrogens (tertiary/aromatic N) is 3. The summed E-state index contributed by atoms with van der Waals surface area (Å²) < 4.78 is 38.1. The zero-order valence-corrected chi connectivity index (χ0v) is 13.2. The minimum atomic E-state index is -4.18. The second-order valence-electron chi connectivity index (χ2n) is 6.32. The van der Waals surface area contributed by atoms with E-state index in [2.05, 4.69) is 19.9 Å². The summed E-state index contributed by atoms with van der Waals surface area (Å²) in [6, 6.07) is 1.86. The summed E-state index contributed by atoms with van der Waals surface area (Å²) in [7, 11) is 0. The second kappa shape index (κ2) is 5.75. The topological polar surface area (TPSA) is 77.7 Å². The lowest BCUT2D eigenvalue weighted by Gasteiger charge is -2.32. The van der Waals surface area contributed by atoms with Crippen molar-refractivity contribution < 1.29 is 18.0 Å². The summed E-state index contributed by atoms with van der Waals surface area (Å²) in [6.45, 7) is 0.264. The predicted octanol–water partition coefficient (Wildman–Crippen LogP) is 2.78. The third-order valence-corrected chi connectivity index (χ3v) is 4.71. The molecule has 4 rings (SSSR count). The molecule has 0 spiro atoms. The number of alkyl halides is 3. The van der Waals surface area contributed by atoms with Crippen LogP contribution in [0.15, 0.2) is 18.5 Å². The van der Waals surface area contributed by atoms with Gasteiger partial charge in [-0.2, -0.15) is 13.2 Å². The third-order valence-electron chi connectivity index (χ3n) is 4.71. The van der Waals surface area contributed by atoms with E-state index < -0.39 is 12.1 Å². The molecule has 25 heavy (non-hydrogen) atoms. The molecule has 0 unspecified atom stereocenters. The molecule has 4 heterocycles. The number of pyridine rings is 1. The number of hydrogen-bond acceptors (Lipinski definition) is 3. The fourth-order valence-corrected chi connectivity index (χ4v) is 3.32. The molecule has 1 aliphatic rings. The Balaban J connectivity index is 1.47. The highest BCUT2D eigenvalue weighted by molar-refractivity contribution is 6.00. The van der Waals surface area contributed by atoms with E-state index in [9.17, 15) is 18.0 Å². The van der Waals surface area contributed by atoms with Gasteiger partial charge in [0.1, 0.15) is 17.0 Å². The van der Waals surface area contributed by atoms with E-state index in [-0.39, 0.29) is 38.3 Å². The summed E-state index contributed by atoms with van der Waals surface area (Å²) in [5.41, 5.74) is 2.17. The van der Waals surface area contributed by atoms with Crippen LogP contribution < -0.4 is 0 Å². The van der Waals surface area contributed by atoms with Crippen LogP contribution >= 0.6 is 0 Å². The van der Waals surface area contributed by atoms with Crippen molar-refractivity contribution in [3.63, 3.8) is 0 Å². The molecule has 9 heteroatoms. The van der Waals surface area contributed by atoms with Crippen LogP contribution in [0.5, 0.6) is 0 Å². The standard InChI is InChI=1S/C16H16F3N5O/c17-16(18,19)9-2-5-24(6-3-9)13(25)7-12-22-11-8-21-15-10(1-4-20-15)14(11)23-12/h1,4,8-9H,2-3,5-7H2,(H,20,21)(H,22,23). The van der Waals surface area contributed by atoms with E-state index in [4.69, 9.17) is 0 Å². The molecule has 0 bridgehead atoms. The average molecular weight is 351 g/mol. The fraction of sp³-hybridized carbons (Fsp3) is 0.438. The van der Waals surface area contributed by atoms with Gasteiger partial charge in [-0.3, -0.25) is 4.79 Å². The summed E-state index contributed by atoms with van der Waals surface area (Å²) in [6.07, 6.45) is -0.808. The number of fused-ring (bicyclic) bond motifs is 3. The summed E-state index contributed by atoms with van der Waals surface area (Å²) in [5.74, 6) is -1.03. The van der Waals surface area contributed by atoms with E-state index in [0.29, 0.717) is 11.5 Å². The molecule has 0 saturated carbocycles. The average Bonchev–Trinajstić information content (AvgIpc) is 3.19. The number of carbonyl (C=O) groups is 1. The monoisotopic (exact) mass is 351 g/mol. The molecule has 2 N–H and O–H groups in total. The number of aromatic amines is 2. The lowest BCUT2D eigenvalue weighted by molar-refractivity contribution is -0.186. The zero-order valence-electron chi connectivity index (χ0n) is 13.2. The number of hydrogen-bond donors (Lipinski definition) is 2. The molecule has 132 valence electrons. The predicted molar refractivity (Wildman–Crippen MR) is 84.8 cm³/mol. The van der Waals surface area contributed by atoms with Gasteiger partial charge >= 0.3 is 6.18 Å². The van der Waals surface area contributed by atoms with Gasteiger partial charge in [0.2, 0.25) is 5.91 Å². The molecule has 6 nitrogen and oxygen atoms in total. The van der Waals surface area contributed by atoms with Gasteiger partial charge in [0.05, 0.1) is 24.1 Å². The van der Waals surface area contributed by atoms with Crippen molar-refractivity contribution in [2.24, 2.45) is 5.92 Å². The minimum absolute atomic E-state index is 0.0384. The van der Waals surface area contributed by atoms with Gasteiger partial charge in [0.25, 0.3) is 0 Å². The molecule has 3 aromatic heterocycles. The minimum Gasteiger partial charge on any atom is -0.346 e. The highest BCUT2D eigenvalue weighted by Crippen LogP contribution is 2.34. The van der Waals surface area contributed by atoms with E-state index in [0.717, 1.165) is 16.4 Å². The number of likely N-dealkylation sites (tertiary alicyclic amines) is 1. The number of imidazole rings is 1. The van der Waals surface area contributed by atoms with Gasteiger partial charge in [-0.05, 0) is 18.9 Å². The largest absolute Gasteiger partial charge is 0.391 e. The van der Waals surface area contributed by atoms with Crippen LogP contribution in [-0.4, -0.2) is 50.0 Å². The van der Waals surface area contributed by atoms with Crippen molar-refractivity contribution in [3.8, 4) is 0 Å². The van der Waals surface area contributed by atoms with Crippen LogP contribution in [0.2, 0.25) is 0 Å². The Labute approximate surface area is 140 Å². The van der Waals surface area contributed by atoms with Gasteiger partial charge in [0.15, 0.2) is 0 Å². The van der Waals surface area contributed by atoms with Gasteiger partial charge < -0.3 is 14.9 Å². The number of aromatic nitrogens is 4. The number of nitrogens with one attached hydrogen (secondary N) is 2. The Morgan fingerprint density at radius 1 is 1.32 bits per heavy atom. The van der Waals surface area contributed by atoms with E-state index in [1.807, 2.05) is 6.07 Å². The van der Waals surface area contributed by atoms with Crippen molar-refractivity contribution >= 4 is 28.0 Å². The van der Waals surface area contributed by atoms with E-state index >= 15 is 0 Å². The van der Waals surface area contributed by atoms with E-state index in [1.54, 1.807) is 12.4 Å². The number of H-pyrrole nitrogens is 2. The first-order chi connectivity index (χ1) is 11.9. The molecular weight excluding hydrogens is 335 g/mol. The molecule has 1 fully saturated rings. The SMILES string of the molecule is O=C(Cc1nc2c(cnc3[nH]ccc32)[nH]1)N1CCC(C(F)(F)F)CC1. The molecule has 3 aromatic rings. The van der Waals surface area contributed by atoms with Crippen molar-refractivity contribution in [2.75, 3.05) is 13.1 Å². The van der Waals surface area contributed by atoms with Crippen molar-refractivity contribution in [3.05, 3.63) is 24.3 Å². The maximum absolute atomic E-state index is 12.7. The molecule has 1 aliphatic heterocycles. The Morgan fingerprint density at radius 2 is 2.08 bits per heavy atom. The molecule has 0 atom stereocenters. The van der Waals surface area contributed by atoms with Crippen LogP contribution in [0.1, 0.15) is 18.7 Å². The summed E-state index contributed by atoms with van der Waals surface area (Å²) in [4.78, 5) is 28.6. The summed E-state index contributed by atoms with van der Waals surface area (Å²) in [5, 5.41) is 0.860. The maximum Gasteiger partial charge on any atom is 0.391 e. The van der Waals surface area contributed by atoms with Crippen LogP contribution in [-0.2, 0) is 11.2 Å². The fourth-order valence-electron chi connectivity index (χ4n) is 3.32. The van der Waals surface area contributed by atoms with Crippen molar-refractivity contribution in [1.29, 1.82) is 0 Å². The Morgan fingerprint density at radius 3 is 2.80 bits per heavy atom. The summed E-state index contributed by atoms with van der Waals surface area (Å²) >= 11 is 0. The molecule has 0 radical (unpaired) electrons. The quantitative estimate of drug-likeness (QED) is 0.745. The highest BCUT2D eigenvalue weighted by Gasteiger charge is 2.41.